The van der Waals surface area contributed by atoms with E-state index >= 15 is 0 Å². The average Bonchev–Trinajstić information content (AvgIpc) is 2.88. The highest BCUT2D eigenvalue weighted by molar-refractivity contribution is 5.87. The number of hydrogen-bond acceptors (Lipinski definition) is 1. The van der Waals surface area contributed by atoms with E-state index in [-0.39, 0.29) is 0 Å². The van der Waals surface area contributed by atoms with Crippen molar-refractivity contribution >= 4 is 10.9 Å². The van der Waals surface area contributed by atoms with Crippen LogP contribution < -0.4 is 0 Å². The number of likely N-dealkylation sites (N-methyl/N-ethyl adjacent to an activating group) is 1. The van der Waals surface area contributed by atoms with Gasteiger partial charge in [-0.2, -0.15) is 0 Å². The minimum absolute atomic E-state index is 0.552. The molecule has 4 rings (SSSR count). The van der Waals surface area contributed by atoms with Crippen LogP contribution in [0.1, 0.15) is 43.0 Å². The van der Waals surface area contributed by atoms with Gasteiger partial charge in [-0.1, -0.05) is 42.0 Å². The first-order valence-electron chi connectivity index (χ1n) is 9.75. The van der Waals surface area contributed by atoms with Gasteiger partial charge >= 0.3 is 0 Å². The highest BCUT2D eigenvalue weighted by Gasteiger charge is 2.36. The summed E-state index contributed by atoms with van der Waals surface area (Å²) >= 11 is 0. The summed E-state index contributed by atoms with van der Waals surface area (Å²) in [6.45, 7) is 13.8. The first-order valence-corrected chi connectivity index (χ1v) is 9.75. The Hall–Kier alpha value is -2.06. The zero-order valence-electron chi connectivity index (χ0n) is 16.5. The van der Waals surface area contributed by atoms with Gasteiger partial charge in [0.05, 0.1) is 0 Å². The van der Waals surface area contributed by atoms with E-state index in [0.717, 1.165) is 19.6 Å². The summed E-state index contributed by atoms with van der Waals surface area (Å²) in [5.41, 5.74) is 8.73. The molecule has 1 aromatic carbocycles. The lowest BCUT2D eigenvalue weighted by Gasteiger charge is -2.38. The van der Waals surface area contributed by atoms with E-state index in [1.165, 1.54) is 34.0 Å². The standard InChI is InChI=1S/C24H30N2/c1-6-7-18(10-16(2)3)19-12-20-13-25(5)15-22-21-11-17(4)8-9-23(21)26(14-19)24(20)22/h6-11,19-20H,1,12-15H2,2-5H3/b18-7+. The molecule has 2 aliphatic rings. The number of allylic oxidation sites excluding steroid dienone is 5. The number of nitrogens with zero attached hydrogens (tertiary/aromatic N) is 2. The average molecular weight is 347 g/mol. The lowest BCUT2D eigenvalue weighted by atomic mass is 9.80. The molecule has 3 heterocycles. The summed E-state index contributed by atoms with van der Waals surface area (Å²) in [5.74, 6) is 1.17. The molecule has 0 radical (unpaired) electrons. The Morgan fingerprint density at radius 3 is 2.77 bits per heavy atom. The summed E-state index contributed by atoms with van der Waals surface area (Å²) in [5, 5.41) is 1.47. The zero-order chi connectivity index (χ0) is 18.4. The van der Waals surface area contributed by atoms with Gasteiger partial charge in [-0.05, 0) is 57.5 Å². The lowest BCUT2D eigenvalue weighted by molar-refractivity contribution is 0.236. The summed E-state index contributed by atoms with van der Waals surface area (Å²) in [7, 11) is 2.27. The maximum atomic E-state index is 3.95. The van der Waals surface area contributed by atoms with Gasteiger partial charge in [-0.15, -0.1) is 0 Å². The van der Waals surface area contributed by atoms with Crippen LogP contribution in [0.4, 0.5) is 0 Å². The van der Waals surface area contributed by atoms with Crippen LogP contribution in [0.15, 0.2) is 54.2 Å². The fourth-order valence-corrected chi connectivity index (χ4v) is 5.02. The van der Waals surface area contributed by atoms with Crippen molar-refractivity contribution in [2.75, 3.05) is 13.6 Å². The van der Waals surface area contributed by atoms with Crippen LogP contribution in [-0.4, -0.2) is 23.1 Å². The maximum Gasteiger partial charge on any atom is 0.0486 e. The second-order valence-electron chi connectivity index (χ2n) is 8.45. The number of rotatable bonds is 3. The molecule has 0 fully saturated rings. The lowest BCUT2D eigenvalue weighted by Crippen LogP contribution is -2.36. The van der Waals surface area contributed by atoms with Crippen molar-refractivity contribution in [3.8, 4) is 0 Å². The number of hydrogen-bond donors (Lipinski definition) is 0. The topological polar surface area (TPSA) is 8.17 Å². The zero-order valence-corrected chi connectivity index (χ0v) is 16.5. The molecule has 0 saturated carbocycles. The van der Waals surface area contributed by atoms with Gasteiger partial charge in [0.25, 0.3) is 0 Å². The Kier molecular flexibility index (Phi) is 4.40. The van der Waals surface area contributed by atoms with Crippen molar-refractivity contribution in [3.05, 3.63) is 71.0 Å². The van der Waals surface area contributed by atoms with E-state index in [2.05, 4.69) is 74.2 Å². The maximum absolute atomic E-state index is 3.95. The molecule has 2 atom stereocenters. The highest BCUT2D eigenvalue weighted by Crippen LogP contribution is 2.44. The molecular weight excluding hydrogens is 316 g/mol. The van der Waals surface area contributed by atoms with Gasteiger partial charge < -0.3 is 9.47 Å². The van der Waals surface area contributed by atoms with Crippen LogP contribution in [-0.2, 0) is 13.1 Å². The summed E-state index contributed by atoms with van der Waals surface area (Å²) in [6, 6.07) is 6.98. The fourth-order valence-electron chi connectivity index (χ4n) is 5.02. The van der Waals surface area contributed by atoms with Crippen LogP contribution >= 0.6 is 0 Å². The second kappa shape index (κ2) is 6.59. The van der Waals surface area contributed by atoms with Crippen LogP contribution in [0.3, 0.4) is 0 Å². The molecule has 0 N–H and O–H groups in total. The number of benzene rings is 1. The Morgan fingerprint density at radius 1 is 1.23 bits per heavy atom. The van der Waals surface area contributed by atoms with Crippen LogP contribution in [0.25, 0.3) is 10.9 Å². The van der Waals surface area contributed by atoms with Crippen LogP contribution in [0, 0.1) is 12.8 Å². The quantitative estimate of drug-likeness (QED) is 0.659. The molecule has 0 aliphatic carbocycles. The summed E-state index contributed by atoms with van der Waals surface area (Å²) < 4.78 is 2.63. The number of aromatic nitrogens is 1. The molecule has 26 heavy (non-hydrogen) atoms. The van der Waals surface area contributed by atoms with Crippen LogP contribution in [0.5, 0.6) is 0 Å². The monoisotopic (exact) mass is 346 g/mol. The molecule has 0 amide bonds. The van der Waals surface area contributed by atoms with Gasteiger partial charge in [0.15, 0.2) is 0 Å². The molecule has 0 saturated heterocycles. The number of aryl methyl sites for hydroxylation is 1. The molecule has 2 aliphatic heterocycles. The first kappa shape index (κ1) is 17.4. The van der Waals surface area contributed by atoms with E-state index in [9.17, 15) is 0 Å². The number of fused-ring (bicyclic) bond motifs is 3. The SMILES string of the molecule is C=C/C=C(\C=C(C)C)C1CC2CN(C)Cc3c2n(c2ccc(C)cc32)C1. The Labute approximate surface area is 157 Å². The minimum Gasteiger partial charge on any atom is -0.343 e. The van der Waals surface area contributed by atoms with E-state index in [4.69, 9.17) is 0 Å². The third kappa shape index (κ3) is 2.87. The van der Waals surface area contributed by atoms with E-state index in [0.29, 0.717) is 11.8 Å². The van der Waals surface area contributed by atoms with Gasteiger partial charge in [0, 0.05) is 48.1 Å². The molecule has 0 spiro atoms. The van der Waals surface area contributed by atoms with Gasteiger partial charge in [-0.3, -0.25) is 0 Å². The normalized spacial score (nSPS) is 23.0. The van der Waals surface area contributed by atoms with E-state index in [1.54, 1.807) is 11.3 Å². The fraction of sp³-hybridized carbons (Fsp3) is 0.417. The third-order valence-electron chi connectivity index (χ3n) is 5.92. The Balaban J connectivity index is 1.87. The molecule has 2 nitrogen and oxygen atoms in total. The molecule has 136 valence electrons. The first-order chi connectivity index (χ1) is 12.5. The van der Waals surface area contributed by atoms with Crippen molar-refractivity contribution < 1.29 is 0 Å². The molecular formula is C24H30N2. The van der Waals surface area contributed by atoms with Crippen molar-refractivity contribution in [1.82, 2.24) is 9.47 Å². The minimum atomic E-state index is 0.552. The molecule has 2 heteroatoms. The van der Waals surface area contributed by atoms with Crippen molar-refractivity contribution in [2.24, 2.45) is 5.92 Å². The molecule has 2 aromatic rings. The van der Waals surface area contributed by atoms with E-state index < -0.39 is 0 Å². The van der Waals surface area contributed by atoms with Crippen LogP contribution in [0.2, 0.25) is 0 Å². The third-order valence-corrected chi connectivity index (χ3v) is 5.92. The van der Waals surface area contributed by atoms with Crippen molar-refractivity contribution in [3.63, 3.8) is 0 Å². The largest absolute Gasteiger partial charge is 0.343 e. The highest BCUT2D eigenvalue weighted by atomic mass is 15.1. The predicted octanol–water partition coefficient (Wildman–Crippen LogP) is 5.58. The Bertz CT molecular complexity index is 921. The summed E-state index contributed by atoms with van der Waals surface area (Å²) in [6.07, 6.45) is 7.74. The van der Waals surface area contributed by atoms with Gasteiger partial charge in [-0.25, -0.2) is 0 Å². The van der Waals surface area contributed by atoms with Gasteiger partial charge in [0.1, 0.15) is 0 Å². The molecule has 0 bridgehead atoms. The van der Waals surface area contributed by atoms with Crippen molar-refractivity contribution in [2.45, 2.75) is 46.2 Å². The predicted molar refractivity (Wildman–Crippen MR) is 112 cm³/mol. The molecule has 1 aromatic heterocycles. The van der Waals surface area contributed by atoms with Crippen molar-refractivity contribution in [1.29, 1.82) is 0 Å². The van der Waals surface area contributed by atoms with Gasteiger partial charge in [0.2, 0.25) is 0 Å². The second-order valence-corrected chi connectivity index (χ2v) is 8.45. The van der Waals surface area contributed by atoms with E-state index in [1.807, 2.05) is 6.08 Å². The molecule has 2 unspecified atom stereocenters. The smallest absolute Gasteiger partial charge is 0.0486 e. The summed E-state index contributed by atoms with van der Waals surface area (Å²) in [4.78, 5) is 2.50. The Morgan fingerprint density at radius 2 is 2.04 bits per heavy atom.